The van der Waals surface area contributed by atoms with E-state index in [-0.39, 0.29) is 11.5 Å². The van der Waals surface area contributed by atoms with Crippen molar-refractivity contribution in [2.75, 3.05) is 24.6 Å². The molecule has 3 aliphatic rings. The van der Waals surface area contributed by atoms with Gasteiger partial charge in [0.05, 0.1) is 28.7 Å². The summed E-state index contributed by atoms with van der Waals surface area (Å²) in [4.78, 5) is 21.3. The number of fused-ring (bicyclic) bond motifs is 2. The van der Waals surface area contributed by atoms with E-state index in [1.807, 2.05) is 6.07 Å². The quantitative estimate of drug-likeness (QED) is 0.866. The maximum absolute atomic E-state index is 12.5. The Morgan fingerprint density at radius 3 is 2.93 bits per heavy atom. The fourth-order valence-corrected chi connectivity index (χ4v) is 5.32. The van der Waals surface area contributed by atoms with Crippen molar-refractivity contribution in [2.45, 2.75) is 43.7 Å². The van der Waals surface area contributed by atoms with Gasteiger partial charge in [-0.15, -0.1) is 11.3 Å². The molecule has 28 heavy (non-hydrogen) atoms. The third-order valence-corrected chi connectivity index (χ3v) is 7.11. The first-order valence-electron chi connectivity index (χ1n) is 9.86. The second-order valence-electron chi connectivity index (χ2n) is 7.79. The molecule has 2 fully saturated rings. The molecule has 1 amide bonds. The molecule has 0 atom stereocenters. The minimum absolute atomic E-state index is 0.0620. The number of rotatable bonds is 3. The number of carbonyl (C=O) groups excluding carboxylic acids is 1. The summed E-state index contributed by atoms with van der Waals surface area (Å²) in [7, 11) is 0. The first kappa shape index (κ1) is 17.7. The van der Waals surface area contributed by atoms with Crippen LogP contribution < -0.4 is 10.2 Å². The number of carbonyl (C=O) groups is 1. The Morgan fingerprint density at radius 2 is 2.18 bits per heavy atom. The molecule has 7 heteroatoms. The van der Waals surface area contributed by atoms with Crippen molar-refractivity contribution in [3.05, 3.63) is 45.3 Å². The van der Waals surface area contributed by atoms with E-state index in [0.29, 0.717) is 18.2 Å². The van der Waals surface area contributed by atoms with Crippen LogP contribution in [0.2, 0.25) is 0 Å². The van der Waals surface area contributed by atoms with Crippen LogP contribution in [0.25, 0.3) is 0 Å². The van der Waals surface area contributed by atoms with Gasteiger partial charge in [0.15, 0.2) is 0 Å². The Balaban J connectivity index is 1.35. The zero-order valence-corrected chi connectivity index (χ0v) is 16.4. The van der Waals surface area contributed by atoms with Gasteiger partial charge in [0.25, 0.3) is 5.91 Å². The second kappa shape index (κ2) is 6.87. The van der Waals surface area contributed by atoms with E-state index in [4.69, 9.17) is 10.00 Å². The van der Waals surface area contributed by atoms with Crippen molar-refractivity contribution in [2.24, 2.45) is 0 Å². The number of anilines is 1. The molecule has 5 rings (SSSR count). The summed E-state index contributed by atoms with van der Waals surface area (Å²) in [6.07, 6.45) is 6.49. The van der Waals surface area contributed by atoms with E-state index in [1.165, 1.54) is 10.4 Å². The predicted octanol–water partition coefficient (Wildman–Crippen LogP) is 2.98. The van der Waals surface area contributed by atoms with E-state index < -0.39 is 0 Å². The predicted molar refractivity (Wildman–Crippen MR) is 107 cm³/mol. The van der Waals surface area contributed by atoms with Crippen molar-refractivity contribution in [1.82, 2.24) is 10.3 Å². The molecular formula is C21H22N4O2S. The van der Waals surface area contributed by atoms with Crippen LogP contribution in [0.5, 0.6) is 0 Å². The van der Waals surface area contributed by atoms with E-state index in [9.17, 15) is 4.79 Å². The fraction of sp³-hybridized carbons (Fsp3) is 0.476. The number of thiophene rings is 1. The molecule has 1 N–H and O–H groups in total. The highest BCUT2D eigenvalue weighted by atomic mass is 32.1. The van der Waals surface area contributed by atoms with Crippen LogP contribution in [0.3, 0.4) is 0 Å². The standard InChI is InChI=1S/C21H22N4O2S/c22-13-14-3-7-23-19(11-14)25-8-5-21(6-9-25)16-12-18(20(26)24-15-1-2-15)28-17(16)4-10-27-21/h3,7,11-12,15H,1-2,4-6,8-10H2,(H,24,26). The summed E-state index contributed by atoms with van der Waals surface area (Å²) in [5.74, 6) is 0.909. The molecule has 144 valence electrons. The minimum Gasteiger partial charge on any atom is -0.370 e. The van der Waals surface area contributed by atoms with Crippen LogP contribution in [0.15, 0.2) is 24.4 Å². The maximum atomic E-state index is 12.5. The van der Waals surface area contributed by atoms with Crippen molar-refractivity contribution < 1.29 is 9.53 Å². The van der Waals surface area contributed by atoms with Crippen molar-refractivity contribution in [3.63, 3.8) is 0 Å². The molecular weight excluding hydrogens is 372 g/mol. The van der Waals surface area contributed by atoms with E-state index >= 15 is 0 Å². The molecule has 4 heterocycles. The minimum atomic E-state index is -0.300. The topological polar surface area (TPSA) is 78.2 Å². The van der Waals surface area contributed by atoms with E-state index in [2.05, 4.69) is 27.3 Å². The Kier molecular flexibility index (Phi) is 4.33. The van der Waals surface area contributed by atoms with Crippen LogP contribution >= 0.6 is 11.3 Å². The molecule has 2 aromatic heterocycles. The Morgan fingerprint density at radius 1 is 1.36 bits per heavy atom. The Hall–Kier alpha value is -2.43. The monoisotopic (exact) mass is 394 g/mol. The van der Waals surface area contributed by atoms with Gasteiger partial charge in [0, 0.05) is 36.6 Å². The fourth-order valence-electron chi connectivity index (χ4n) is 4.18. The SMILES string of the molecule is N#Cc1ccnc(N2CCC3(CC2)OCCc2sc(C(=O)NC4CC4)cc23)c1. The highest BCUT2D eigenvalue weighted by molar-refractivity contribution is 7.14. The van der Waals surface area contributed by atoms with Crippen molar-refractivity contribution in [3.8, 4) is 6.07 Å². The number of aromatic nitrogens is 1. The van der Waals surface area contributed by atoms with Crippen LogP contribution in [0.1, 0.15) is 51.4 Å². The Labute approximate surface area is 168 Å². The van der Waals surface area contributed by atoms with Crippen LogP contribution in [0, 0.1) is 11.3 Å². The van der Waals surface area contributed by atoms with Gasteiger partial charge in [-0.2, -0.15) is 5.26 Å². The molecule has 6 nitrogen and oxygen atoms in total. The van der Waals surface area contributed by atoms with Crippen molar-refractivity contribution in [1.29, 1.82) is 5.26 Å². The van der Waals surface area contributed by atoms with E-state index in [1.54, 1.807) is 23.6 Å². The lowest BCUT2D eigenvalue weighted by Gasteiger charge is -2.44. The van der Waals surface area contributed by atoms with Gasteiger partial charge in [-0.05, 0) is 49.4 Å². The first-order chi connectivity index (χ1) is 13.7. The molecule has 0 aromatic carbocycles. The molecule has 1 saturated heterocycles. The summed E-state index contributed by atoms with van der Waals surface area (Å²) >= 11 is 1.63. The highest BCUT2D eigenvalue weighted by Crippen LogP contribution is 2.45. The lowest BCUT2D eigenvalue weighted by molar-refractivity contribution is -0.0757. The zero-order valence-electron chi connectivity index (χ0n) is 15.6. The lowest BCUT2D eigenvalue weighted by Crippen LogP contribution is -2.46. The summed E-state index contributed by atoms with van der Waals surface area (Å²) in [6, 6.07) is 8.19. The second-order valence-corrected chi connectivity index (χ2v) is 8.93. The van der Waals surface area contributed by atoms with Gasteiger partial charge >= 0.3 is 0 Å². The molecule has 0 radical (unpaired) electrons. The number of hydrogen-bond acceptors (Lipinski definition) is 6. The summed E-state index contributed by atoms with van der Waals surface area (Å²) in [6.45, 7) is 2.35. The average Bonchev–Trinajstić information content (AvgIpc) is 3.43. The van der Waals surface area contributed by atoms with Gasteiger partial charge in [-0.25, -0.2) is 4.98 Å². The van der Waals surface area contributed by atoms with Crippen LogP contribution in [0.4, 0.5) is 5.82 Å². The van der Waals surface area contributed by atoms with Gasteiger partial charge in [-0.1, -0.05) is 0 Å². The third kappa shape index (κ3) is 3.17. The summed E-state index contributed by atoms with van der Waals surface area (Å²) in [5.41, 5.74) is 1.54. The molecule has 1 spiro atoms. The molecule has 1 saturated carbocycles. The molecule has 2 aliphatic heterocycles. The lowest BCUT2D eigenvalue weighted by atomic mass is 9.82. The molecule has 0 bridgehead atoms. The summed E-state index contributed by atoms with van der Waals surface area (Å²) < 4.78 is 6.32. The average molecular weight is 395 g/mol. The molecule has 2 aromatic rings. The van der Waals surface area contributed by atoms with Gasteiger partial charge < -0.3 is 15.0 Å². The van der Waals surface area contributed by atoms with Gasteiger partial charge in [-0.3, -0.25) is 4.79 Å². The van der Waals surface area contributed by atoms with Gasteiger partial charge in [0.2, 0.25) is 0 Å². The highest BCUT2D eigenvalue weighted by Gasteiger charge is 2.42. The van der Waals surface area contributed by atoms with Crippen LogP contribution in [-0.2, 0) is 16.8 Å². The third-order valence-electron chi connectivity index (χ3n) is 5.91. The Bertz CT molecular complexity index is 952. The number of piperidine rings is 1. The first-order valence-corrected chi connectivity index (χ1v) is 10.7. The number of hydrogen-bond donors (Lipinski definition) is 1. The number of nitrogens with one attached hydrogen (secondary N) is 1. The summed E-state index contributed by atoms with van der Waals surface area (Å²) in [5, 5.41) is 12.2. The number of nitrogens with zero attached hydrogens (tertiary/aromatic N) is 3. The normalized spacial score (nSPS) is 20.5. The largest absolute Gasteiger partial charge is 0.370 e. The van der Waals surface area contributed by atoms with Crippen LogP contribution in [-0.4, -0.2) is 36.6 Å². The van der Waals surface area contributed by atoms with Gasteiger partial charge in [0.1, 0.15) is 5.82 Å². The zero-order chi connectivity index (χ0) is 19.1. The number of amides is 1. The number of pyridine rings is 1. The number of ether oxygens (including phenoxy) is 1. The molecule has 1 aliphatic carbocycles. The van der Waals surface area contributed by atoms with Crippen molar-refractivity contribution >= 4 is 23.1 Å². The number of nitriles is 1. The van der Waals surface area contributed by atoms with E-state index in [0.717, 1.165) is 55.9 Å². The molecule has 0 unspecified atom stereocenters. The maximum Gasteiger partial charge on any atom is 0.261 e. The smallest absolute Gasteiger partial charge is 0.261 e.